The third kappa shape index (κ3) is 4.36. The normalized spacial score (nSPS) is 15.5. The van der Waals surface area contributed by atoms with Gasteiger partial charge in [0.15, 0.2) is 0 Å². The second kappa shape index (κ2) is 8.96. The van der Waals surface area contributed by atoms with Crippen LogP contribution in [0.5, 0.6) is 0 Å². The Morgan fingerprint density at radius 2 is 1.42 bits per heavy atom. The lowest BCUT2D eigenvalue weighted by Crippen LogP contribution is -2.39. The van der Waals surface area contributed by atoms with Crippen molar-refractivity contribution in [1.82, 2.24) is 14.1 Å². The molecule has 5 nitrogen and oxygen atoms in total. The van der Waals surface area contributed by atoms with E-state index < -0.39 is 10.0 Å². The number of rotatable bonds is 5. The van der Waals surface area contributed by atoms with Crippen LogP contribution in [0.1, 0.15) is 24.4 Å². The topological polar surface area (TPSA) is 55.2 Å². The van der Waals surface area contributed by atoms with Crippen LogP contribution in [0.3, 0.4) is 0 Å². The van der Waals surface area contributed by atoms with E-state index in [1.165, 1.54) is 0 Å². The summed E-state index contributed by atoms with van der Waals surface area (Å²) in [5.74, 6) is 0. The minimum absolute atomic E-state index is 0.140. The van der Waals surface area contributed by atoms with Gasteiger partial charge in [0.25, 0.3) is 0 Å². The molecule has 1 aliphatic heterocycles. The van der Waals surface area contributed by atoms with Gasteiger partial charge < -0.3 is 0 Å². The van der Waals surface area contributed by atoms with Gasteiger partial charge in [-0.15, -0.1) is 0 Å². The monoisotopic (exact) mass is 457 g/mol. The molecule has 0 radical (unpaired) electrons. The van der Waals surface area contributed by atoms with Crippen LogP contribution in [-0.2, 0) is 10.0 Å². The van der Waals surface area contributed by atoms with E-state index in [-0.39, 0.29) is 6.04 Å². The van der Waals surface area contributed by atoms with Gasteiger partial charge in [-0.1, -0.05) is 72.8 Å². The van der Waals surface area contributed by atoms with Gasteiger partial charge in [-0.3, -0.25) is 4.68 Å². The van der Waals surface area contributed by atoms with E-state index in [0.29, 0.717) is 18.0 Å². The maximum absolute atomic E-state index is 13.2. The van der Waals surface area contributed by atoms with E-state index in [1.807, 2.05) is 49.4 Å². The van der Waals surface area contributed by atoms with Crippen LogP contribution in [0.25, 0.3) is 22.5 Å². The van der Waals surface area contributed by atoms with E-state index in [0.717, 1.165) is 40.9 Å². The van der Waals surface area contributed by atoms with Crippen molar-refractivity contribution in [2.24, 2.45) is 0 Å². The molecule has 6 heteroatoms. The molecule has 0 N–H and O–H groups in total. The quantitative estimate of drug-likeness (QED) is 0.395. The highest BCUT2D eigenvalue weighted by molar-refractivity contribution is 7.89. The molecule has 0 unspecified atom stereocenters. The number of aromatic nitrogens is 2. The molecule has 168 valence electrons. The molecule has 1 fully saturated rings. The summed E-state index contributed by atoms with van der Waals surface area (Å²) in [5, 5.41) is 4.99. The summed E-state index contributed by atoms with van der Waals surface area (Å²) in [6, 6.07) is 29.9. The van der Waals surface area contributed by atoms with Crippen LogP contribution in [-0.4, -0.2) is 35.6 Å². The zero-order valence-electron chi connectivity index (χ0n) is 18.6. The number of nitrogens with zero attached hydrogens (tertiary/aromatic N) is 3. The highest BCUT2D eigenvalue weighted by atomic mass is 32.2. The summed E-state index contributed by atoms with van der Waals surface area (Å²) < 4.78 is 30.0. The third-order valence-electron chi connectivity index (χ3n) is 6.27. The van der Waals surface area contributed by atoms with Crippen LogP contribution in [0.2, 0.25) is 0 Å². The lowest BCUT2D eigenvalue weighted by Gasteiger charge is -2.32. The fraction of sp³-hybridized carbons (Fsp3) is 0.222. The predicted molar refractivity (Wildman–Crippen MR) is 131 cm³/mol. The summed E-state index contributed by atoms with van der Waals surface area (Å²) in [6.07, 6.45) is 1.45. The van der Waals surface area contributed by atoms with Gasteiger partial charge >= 0.3 is 0 Å². The molecule has 0 aliphatic carbocycles. The maximum atomic E-state index is 13.2. The van der Waals surface area contributed by atoms with E-state index >= 15 is 0 Å². The number of piperidine rings is 1. The molecule has 4 aromatic rings. The smallest absolute Gasteiger partial charge is 0.243 e. The Morgan fingerprint density at radius 3 is 2.06 bits per heavy atom. The van der Waals surface area contributed by atoms with E-state index in [1.54, 1.807) is 22.5 Å². The summed E-state index contributed by atoms with van der Waals surface area (Å²) >= 11 is 0. The van der Waals surface area contributed by atoms with Gasteiger partial charge in [-0.2, -0.15) is 9.40 Å². The third-order valence-corrected chi connectivity index (χ3v) is 8.17. The van der Waals surface area contributed by atoms with Gasteiger partial charge in [-0.05, 0) is 49.1 Å². The molecule has 2 heterocycles. The Labute approximate surface area is 195 Å². The van der Waals surface area contributed by atoms with Crippen LogP contribution >= 0.6 is 0 Å². The predicted octanol–water partition coefficient (Wildman–Crippen LogP) is 5.55. The first-order chi connectivity index (χ1) is 16.0. The minimum Gasteiger partial charge on any atom is -0.261 e. The SMILES string of the molecule is Cc1cccc(S(=O)(=O)N2CCC(n3nc(-c4ccccc4)cc3-c3ccccc3)CC2)c1. The lowest BCUT2D eigenvalue weighted by atomic mass is 10.1. The highest BCUT2D eigenvalue weighted by Crippen LogP contribution is 2.33. The van der Waals surface area contributed by atoms with Gasteiger partial charge in [-0.25, -0.2) is 8.42 Å². The molecule has 5 rings (SSSR count). The van der Waals surface area contributed by atoms with Crippen molar-refractivity contribution in [1.29, 1.82) is 0 Å². The van der Waals surface area contributed by atoms with Crippen molar-refractivity contribution in [3.63, 3.8) is 0 Å². The average molecular weight is 458 g/mol. The van der Waals surface area contributed by atoms with Crippen LogP contribution in [0.4, 0.5) is 0 Å². The number of sulfonamides is 1. The number of hydrogen-bond acceptors (Lipinski definition) is 3. The molecule has 0 bridgehead atoms. The molecule has 1 aromatic heterocycles. The van der Waals surface area contributed by atoms with E-state index in [4.69, 9.17) is 5.10 Å². The molecule has 33 heavy (non-hydrogen) atoms. The molecule has 0 saturated carbocycles. The first kappa shape index (κ1) is 21.6. The molecular formula is C27H27N3O2S. The fourth-order valence-corrected chi connectivity index (χ4v) is 6.07. The lowest BCUT2D eigenvalue weighted by molar-refractivity contribution is 0.263. The molecular weight excluding hydrogens is 430 g/mol. The number of benzene rings is 3. The number of aryl methyl sites for hydroxylation is 1. The Balaban J connectivity index is 1.43. The van der Waals surface area contributed by atoms with Crippen molar-refractivity contribution >= 4 is 10.0 Å². The van der Waals surface area contributed by atoms with Crippen molar-refractivity contribution in [2.75, 3.05) is 13.1 Å². The van der Waals surface area contributed by atoms with Crippen LogP contribution in [0.15, 0.2) is 95.9 Å². The minimum atomic E-state index is -3.49. The van der Waals surface area contributed by atoms with Gasteiger partial charge in [0.05, 0.1) is 22.3 Å². The second-order valence-electron chi connectivity index (χ2n) is 8.54. The Bertz CT molecular complexity index is 1340. The Kier molecular flexibility index (Phi) is 5.87. The number of hydrogen-bond donors (Lipinski definition) is 0. The van der Waals surface area contributed by atoms with Crippen molar-refractivity contribution in [2.45, 2.75) is 30.7 Å². The molecule has 3 aromatic carbocycles. The van der Waals surface area contributed by atoms with Gasteiger partial charge in [0.1, 0.15) is 0 Å². The summed E-state index contributed by atoms with van der Waals surface area (Å²) in [7, 11) is -3.49. The first-order valence-electron chi connectivity index (χ1n) is 11.3. The largest absolute Gasteiger partial charge is 0.261 e. The highest BCUT2D eigenvalue weighted by Gasteiger charge is 2.31. The summed E-state index contributed by atoms with van der Waals surface area (Å²) in [5.41, 5.74) is 5.14. The van der Waals surface area contributed by atoms with E-state index in [2.05, 4.69) is 35.0 Å². The van der Waals surface area contributed by atoms with Gasteiger partial charge in [0.2, 0.25) is 10.0 Å². The van der Waals surface area contributed by atoms with Crippen molar-refractivity contribution < 1.29 is 8.42 Å². The second-order valence-corrected chi connectivity index (χ2v) is 10.5. The molecule has 1 aliphatic rings. The van der Waals surface area contributed by atoms with Crippen molar-refractivity contribution in [3.05, 3.63) is 96.6 Å². The zero-order chi connectivity index (χ0) is 22.8. The molecule has 0 spiro atoms. The van der Waals surface area contributed by atoms with Crippen LogP contribution < -0.4 is 0 Å². The molecule has 1 saturated heterocycles. The van der Waals surface area contributed by atoms with Gasteiger partial charge in [0, 0.05) is 18.7 Å². The Morgan fingerprint density at radius 1 is 0.788 bits per heavy atom. The summed E-state index contributed by atoms with van der Waals surface area (Å²) in [6.45, 7) is 2.88. The molecule has 0 amide bonds. The summed E-state index contributed by atoms with van der Waals surface area (Å²) in [4.78, 5) is 0.372. The standard InChI is InChI=1S/C27H27N3O2S/c1-21-9-8-14-25(19-21)33(31,32)29-17-15-24(16-18-29)30-27(23-12-6-3-7-13-23)20-26(28-30)22-10-4-2-5-11-22/h2-14,19-20,24H,15-18H2,1H3. The first-order valence-corrected chi connectivity index (χ1v) is 12.7. The van der Waals surface area contributed by atoms with E-state index in [9.17, 15) is 8.42 Å². The van der Waals surface area contributed by atoms with Crippen LogP contribution in [0, 0.1) is 6.92 Å². The van der Waals surface area contributed by atoms with Crippen molar-refractivity contribution in [3.8, 4) is 22.5 Å². The zero-order valence-corrected chi connectivity index (χ0v) is 19.4. The fourth-order valence-electron chi connectivity index (χ4n) is 4.50. The molecule has 0 atom stereocenters. The maximum Gasteiger partial charge on any atom is 0.243 e. The average Bonchev–Trinajstić information content (AvgIpc) is 3.31. The Hall–Kier alpha value is -3.22.